The molecular weight excluding hydrogens is 364 g/mol. The summed E-state index contributed by atoms with van der Waals surface area (Å²) in [5.41, 5.74) is 1.76. The maximum Gasteiger partial charge on any atom is 0.235 e. The van der Waals surface area contributed by atoms with E-state index in [2.05, 4.69) is 25.3 Å². The molecule has 0 unspecified atom stereocenters. The van der Waals surface area contributed by atoms with Gasteiger partial charge in [-0.1, -0.05) is 11.3 Å². The van der Waals surface area contributed by atoms with Gasteiger partial charge in [-0.05, 0) is 30.3 Å². The number of hydrogen-bond donors (Lipinski definition) is 1. The van der Waals surface area contributed by atoms with Gasteiger partial charge in [-0.15, -0.1) is 10.2 Å². The van der Waals surface area contributed by atoms with E-state index < -0.39 is 0 Å². The van der Waals surface area contributed by atoms with Gasteiger partial charge in [0.25, 0.3) is 0 Å². The predicted molar refractivity (Wildman–Crippen MR) is 101 cm³/mol. The highest BCUT2D eigenvalue weighted by Gasteiger charge is 2.14. The van der Waals surface area contributed by atoms with Crippen molar-refractivity contribution in [2.45, 2.75) is 6.61 Å². The Hall–Kier alpha value is -3.46. The number of rotatable bonds is 5. The Kier molecular flexibility index (Phi) is 3.72. The fraction of sp³-hybridized carbons (Fsp3) is 0.111. The molecule has 0 aliphatic heterocycles. The lowest BCUT2D eigenvalue weighted by Gasteiger charge is -2.08. The molecule has 4 heterocycles. The Labute approximate surface area is 157 Å². The fourth-order valence-electron chi connectivity index (χ4n) is 2.82. The molecule has 0 aliphatic carbocycles. The first-order valence-electron chi connectivity index (χ1n) is 8.22. The van der Waals surface area contributed by atoms with Crippen molar-refractivity contribution >= 4 is 27.2 Å². The number of hydrogen-bond acceptors (Lipinski definition) is 7. The van der Waals surface area contributed by atoms with E-state index in [-0.39, 0.29) is 6.61 Å². The Balaban J connectivity index is 1.44. The molecule has 5 aromatic rings. The number of aromatic nitrogens is 6. The Morgan fingerprint density at radius 1 is 1.19 bits per heavy atom. The maximum atomic E-state index is 6.00. The van der Waals surface area contributed by atoms with Crippen molar-refractivity contribution < 1.29 is 9.47 Å². The molecule has 0 bridgehead atoms. The summed E-state index contributed by atoms with van der Waals surface area (Å²) in [6.07, 6.45) is 3.58. The van der Waals surface area contributed by atoms with Gasteiger partial charge in [0.15, 0.2) is 10.8 Å². The van der Waals surface area contributed by atoms with Crippen LogP contribution in [0.5, 0.6) is 11.5 Å². The first-order valence-corrected chi connectivity index (χ1v) is 9.04. The van der Waals surface area contributed by atoms with Crippen molar-refractivity contribution in [2.75, 3.05) is 7.11 Å². The third kappa shape index (κ3) is 2.77. The van der Waals surface area contributed by atoms with E-state index in [1.54, 1.807) is 17.8 Å². The van der Waals surface area contributed by atoms with Gasteiger partial charge in [-0.2, -0.15) is 9.61 Å². The van der Waals surface area contributed by atoms with E-state index in [1.807, 2.05) is 42.6 Å². The number of pyridine rings is 1. The SMILES string of the molecule is COc1ccc2c(OCc3nnc4sc(-c5ccc[nH]5)nn34)ccnc2c1. The van der Waals surface area contributed by atoms with Gasteiger partial charge in [0, 0.05) is 23.8 Å². The minimum absolute atomic E-state index is 0.250. The van der Waals surface area contributed by atoms with Crippen LogP contribution in [0.4, 0.5) is 0 Å². The molecule has 1 N–H and O–H groups in total. The van der Waals surface area contributed by atoms with Crippen molar-refractivity contribution in [3.05, 3.63) is 54.6 Å². The van der Waals surface area contributed by atoms with Gasteiger partial charge in [-0.25, -0.2) is 0 Å². The molecule has 134 valence electrons. The second-order valence-corrected chi connectivity index (χ2v) is 6.74. The van der Waals surface area contributed by atoms with E-state index in [9.17, 15) is 0 Å². The Morgan fingerprint density at radius 2 is 2.15 bits per heavy atom. The highest BCUT2D eigenvalue weighted by atomic mass is 32.1. The van der Waals surface area contributed by atoms with E-state index >= 15 is 0 Å². The van der Waals surface area contributed by atoms with Crippen LogP contribution < -0.4 is 9.47 Å². The number of fused-ring (bicyclic) bond motifs is 2. The number of ether oxygens (including phenoxy) is 2. The molecule has 0 atom stereocenters. The molecule has 0 aliphatic rings. The second-order valence-electron chi connectivity index (χ2n) is 5.78. The quantitative estimate of drug-likeness (QED) is 0.505. The molecular formula is C18H14N6O2S. The van der Waals surface area contributed by atoms with Crippen LogP contribution in [-0.4, -0.2) is 36.9 Å². The van der Waals surface area contributed by atoms with Gasteiger partial charge >= 0.3 is 0 Å². The number of H-pyrrole nitrogens is 1. The topological polar surface area (TPSA) is 90.2 Å². The first kappa shape index (κ1) is 15.8. The number of methoxy groups -OCH3 is 1. The van der Waals surface area contributed by atoms with E-state index in [0.29, 0.717) is 5.82 Å². The summed E-state index contributed by atoms with van der Waals surface area (Å²) in [7, 11) is 1.63. The third-order valence-corrected chi connectivity index (χ3v) is 5.08. The molecule has 1 aromatic carbocycles. The second kappa shape index (κ2) is 6.36. The lowest BCUT2D eigenvalue weighted by atomic mass is 10.2. The van der Waals surface area contributed by atoms with Crippen LogP contribution in [0.2, 0.25) is 0 Å². The zero-order chi connectivity index (χ0) is 18.2. The molecule has 0 amide bonds. The van der Waals surface area contributed by atoms with Crippen LogP contribution in [0, 0.1) is 0 Å². The lowest BCUT2D eigenvalue weighted by Crippen LogP contribution is -2.03. The standard InChI is InChI=1S/C18H14N6O2S/c1-25-11-4-5-12-14(9-11)20-8-6-15(12)26-10-16-21-22-18-24(16)23-17(27-18)13-3-2-7-19-13/h2-9,19H,10H2,1H3. The van der Waals surface area contributed by atoms with Crippen LogP contribution in [0.25, 0.3) is 26.6 Å². The first-order chi connectivity index (χ1) is 13.3. The summed E-state index contributed by atoms with van der Waals surface area (Å²) in [5.74, 6) is 2.11. The highest BCUT2D eigenvalue weighted by Crippen LogP contribution is 2.28. The lowest BCUT2D eigenvalue weighted by molar-refractivity contribution is 0.296. The van der Waals surface area contributed by atoms with Gasteiger partial charge in [0.2, 0.25) is 4.96 Å². The van der Waals surface area contributed by atoms with Gasteiger partial charge in [0.05, 0.1) is 18.3 Å². The van der Waals surface area contributed by atoms with Crippen LogP contribution in [0.15, 0.2) is 48.8 Å². The van der Waals surface area contributed by atoms with Crippen LogP contribution >= 0.6 is 11.3 Å². The number of aromatic amines is 1. The van der Waals surface area contributed by atoms with Gasteiger partial charge in [0.1, 0.15) is 18.1 Å². The van der Waals surface area contributed by atoms with Crippen molar-refractivity contribution in [3.63, 3.8) is 0 Å². The average Bonchev–Trinajstić information content (AvgIpc) is 3.43. The van der Waals surface area contributed by atoms with Crippen LogP contribution in [0.3, 0.4) is 0 Å². The van der Waals surface area contributed by atoms with E-state index in [0.717, 1.165) is 38.1 Å². The van der Waals surface area contributed by atoms with E-state index in [4.69, 9.17) is 9.47 Å². The minimum Gasteiger partial charge on any atom is -0.497 e. The summed E-state index contributed by atoms with van der Waals surface area (Å²) < 4.78 is 13.0. The maximum absolute atomic E-state index is 6.00. The van der Waals surface area contributed by atoms with Crippen molar-refractivity contribution in [1.82, 2.24) is 29.8 Å². The molecule has 0 radical (unpaired) electrons. The van der Waals surface area contributed by atoms with Gasteiger partial charge < -0.3 is 14.5 Å². The Bertz CT molecular complexity index is 1230. The fourth-order valence-corrected chi connectivity index (χ4v) is 3.66. The molecule has 5 rings (SSSR count). The molecule has 8 nitrogen and oxygen atoms in total. The molecule has 0 spiro atoms. The normalized spacial score (nSPS) is 11.3. The summed E-state index contributed by atoms with van der Waals surface area (Å²) in [5, 5.41) is 14.7. The summed E-state index contributed by atoms with van der Waals surface area (Å²) in [4.78, 5) is 8.24. The number of benzene rings is 1. The summed E-state index contributed by atoms with van der Waals surface area (Å²) in [6.45, 7) is 0.250. The van der Waals surface area contributed by atoms with Gasteiger partial charge in [-0.3, -0.25) is 4.98 Å². The number of nitrogens with zero attached hydrogens (tertiary/aromatic N) is 5. The molecule has 9 heteroatoms. The van der Waals surface area contributed by atoms with Crippen LogP contribution in [0.1, 0.15) is 5.82 Å². The Morgan fingerprint density at radius 3 is 3.00 bits per heavy atom. The summed E-state index contributed by atoms with van der Waals surface area (Å²) >= 11 is 1.47. The third-order valence-electron chi connectivity index (χ3n) is 4.15. The predicted octanol–water partition coefficient (Wildman–Crippen LogP) is 3.32. The molecule has 0 saturated heterocycles. The van der Waals surface area contributed by atoms with Crippen molar-refractivity contribution in [1.29, 1.82) is 0 Å². The monoisotopic (exact) mass is 378 g/mol. The zero-order valence-electron chi connectivity index (χ0n) is 14.3. The molecule has 4 aromatic heterocycles. The van der Waals surface area contributed by atoms with Crippen molar-refractivity contribution in [3.8, 4) is 22.2 Å². The largest absolute Gasteiger partial charge is 0.497 e. The minimum atomic E-state index is 0.250. The smallest absolute Gasteiger partial charge is 0.235 e. The summed E-state index contributed by atoms with van der Waals surface area (Å²) in [6, 6.07) is 11.4. The molecule has 0 saturated carbocycles. The molecule has 27 heavy (non-hydrogen) atoms. The van der Waals surface area contributed by atoms with Crippen LogP contribution in [-0.2, 0) is 6.61 Å². The zero-order valence-corrected chi connectivity index (χ0v) is 15.1. The number of nitrogens with one attached hydrogen (secondary N) is 1. The molecule has 0 fully saturated rings. The highest BCUT2D eigenvalue weighted by molar-refractivity contribution is 7.19. The van der Waals surface area contributed by atoms with E-state index in [1.165, 1.54) is 11.3 Å². The van der Waals surface area contributed by atoms with Crippen molar-refractivity contribution in [2.24, 2.45) is 0 Å². The average molecular weight is 378 g/mol.